The number of rotatable bonds is 7. The van der Waals surface area contributed by atoms with Crippen molar-refractivity contribution in [3.8, 4) is 16.9 Å². The van der Waals surface area contributed by atoms with E-state index in [1.54, 1.807) is 21.0 Å². The lowest BCUT2D eigenvalue weighted by Gasteiger charge is -2.12. The third-order valence-electron chi connectivity index (χ3n) is 5.38. The van der Waals surface area contributed by atoms with E-state index < -0.39 is 11.9 Å². The van der Waals surface area contributed by atoms with E-state index in [-0.39, 0.29) is 12.0 Å². The summed E-state index contributed by atoms with van der Waals surface area (Å²) in [6, 6.07) is 11.2. The van der Waals surface area contributed by atoms with Gasteiger partial charge in [0.1, 0.15) is 26.0 Å². The number of nitrogens with two attached hydrogens (primary N) is 1. The zero-order valence-electron chi connectivity index (χ0n) is 20.2. The first kappa shape index (κ1) is 24.7. The molecule has 0 bridgehead atoms. The van der Waals surface area contributed by atoms with Crippen molar-refractivity contribution in [2.24, 2.45) is 0 Å². The van der Waals surface area contributed by atoms with Crippen LogP contribution in [0.1, 0.15) is 59.3 Å². The van der Waals surface area contributed by atoms with Gasteiger partial charge in [-0.05, 0) is 49.6 Å². The second-order valence-corrected chi connectivity index (χ2v) is 10.5. The Balaban J connectivity index is 1.71. The highest BCUT2D eigenvalue weighted by Crippen LogP contribution is 2.39. The van der Waals surface area contributed by atoms with Crippen molar-refractivity contribution in [2.75, 3.05) is 18.2 Å². The molecular weight excluding hydrogens is 482 g/mol. The topological polar surface area (TPSA) is 104 Å². The van der Waals surface area contributed by atoms with Crippen molar-refractivity contribution in [2.45, 2.75) is 39.7 Å². The Morgan fingerprint density at radius 1 is 1.06 bits per heavy atom. The number of nitrogens with one attached hydrogen (secondary N) is 1. The van der Waals surface area contributed by atoms with Crippen LogP contribution in [0.3, 0.4) is 0 Å². The van der Waals surface area contributed by atoms with Gasteiger partial charge in [-0.15, -0.1) is 22.7 Å². The Morgan fingerprint density at radius 3 is 2.40 bits per heavy atom. The highest BCUT2D eigenvalue weighted by atomic mass is 32.1. The number of thiophene rings is 2. The predicted molar refractivity (Wildman–Crippen MR) is 143 cm³/mol. The van der Waals surface area contributed by atoms with Gasteiger partial charge in [0.2, 0.25) is 0 Å². The molecule has 0 saturated heterocycles. The number of carbonyl (C=O) groups excluding carboxylic acids is 2. The van der Waals surface area contributed by atoms with E-state index in [0.29, 0.717) is 37.3 Å². The normalized spacial score (nSPS) is 11.3. The van der Waals surface area contributed by atoms with Crippen LogP contribution in [0.4, 0.5) is 10.7 Å². The Morgan fingerprint density at radius 2 is 1.77 bits per heavy atom. The zero-order valence-corrected chi connectivity index (χ0v) is 21.8. The maximum absolute atomic E-state index is 13.3. The molecule has 0 aliphatic heterocycles. The van der Waals surface area contributed by atoms with Crippen LogP contribution in [0, 0.1) is 0 Å². The second-order valence-electron chi connectivity index (χ2n) is 8.58. The van der Waals surface area contributed by atoms with Crippen LogP contribution in [0.2, 0.25) is 0 Å². The SMILES string of the molecule is COc1ccc(-c2csc(NC(=O)c3sc4nc(C(C)C)ccc4c3N)c2C(=O)OC(C)C)cc1. The summed E-state index contributed by atoms with van der Waals surface area (Å²) in [5.41, 5.74) is 9.42. The lowest BCUT2D eigenvalue weighted by molar-refractivity contribution is 0.0380. The minimum absolute atomic E-state index is 0.261. The smallest absolute Gasteiger partial charge is 0.342 e. The van der Waals surface area contributed by atoms with Crippen molar-refractivity contribution >= 4 is 55.5 Å². The fraction of sp³-hybridized carbons (Fsp3) is 0.269. The number of methoxy groups -OCH3 is 1. The number of benzene rings is 1. The van der Waals surface area contributed by atoms with Crippen LogP contribution in [0.25, 0.3) is 21.3 Å². The molecule has 3 N–H and O–H groups in total. The first-order valence-electron chi connectivity index (χ1n) is 11.2. The highest BCUT2D eigenvalue weighted by molar-refractivity contribution is 7.21. The van der Waals surface area contributed by atoms with Crippen LogP contribution in [-0.4, -0.2) is 30.1 Å². The third kappa shape index (κ3) is 5.01. The van der Waals surface area contributed by atoms with Gasteiger partial charge >= 0.3 is 5.97 Å². The largest absolute Gasteiger partial charge is 0.497 e. The number of hydrogen-bond acceptors (Lipinski definition) is 8. The molecule has 0 fully saturated rings. The summed E-state index contributed by atoms with van der Waals surface area (Å²) in [6.45, 7) is 7.69. The molecule has 3 heterocycles. The highest BCUT2D eigenvalue weighted by Gasteiger charge is 2.26. The lowest BCUT2D eigenvalue weighted by Crippen LogP contribution is -2.16. The Kier molecular flexibility index (Phi) is 7.09. The van der Waals surface area contributed by atoms with Crippen LogP contribution in [-0.2, 0) is 4.74 Å². The standard InChI is InChI=1S/C26H27N3O4S2/c1-13(2)19-11-10-17-21(27)22(35-24(17)28-19)23(30)29-25-20(26(31)33-14(3)4)18(12-34-25)15-6-8-16(32-5)9-7-15/h6-14H,27H2,1-5H3,(H,29,30). The van der Waals surface area contributed by atoms with Crippen molar-refractivity contribution in [1.29, 1.82) is 0 Å². The number of hydrogen-bond donors (Lipinski definition) is 2. The van der Waals surface area contributed by atoms with Crippen molar-refractivity contribution in [3.05, 3.63) is 57.9 Å². The first-order chi connectivity index (χ1) is 16.7. The Labute approximate surface area is 211 Å². The molecule has 0 atom stereocenters. The van der Waals surface area contributed by atoms with Gasteiger partial charge in [-0.1, -0.05) is 26.0 Å². The van der Waals surface area contributed by atoms with Crippen molar-refractivity contribution < 1.29 is 19.1 Å². The Bertz CT molecular complexity index is 1390. The molecule has 0 saturated carbocycles. The first-order valence-corrected chi connectivity index (χ1v) is 12.9. The van der Waals surface area contributed by atoms with Crippen LogP contribution < -0.4 is 15.8 Å². The van der Waals surface area contributed by atoms with E-state index in [0.717, 1.165) is 16.6 Å². The molecule has 4 aromatic rings. The molecule has 182 valence electrons. The van der Waals surface area contributed by atoms with Gasteiger partial charge in [0.15, 0.2) is 0 Å². The maximum atomic E-state index is 13.3. The van der Waals surface area contributed by atoms with Crippen LogP contribution in [0.5, 0.6) is 5.75 Å². The van der Waals surface area contributed by atoms with Crippen molar-refractivity contribution in [3.63, 3.8) is 0 Å². The number of fused-ring (bicyclic) bond motifs is 1. The van der Waals surface area contributed by atoms with E-state index in [1.807, 2.05) is 41.8 Å². The molecule has 0 aliphatic carbocycles. The van der Waals surface area contributed by atoms with E-state index >= 15 is 0 Å². The summed E-state index contributed by atoms with van der Waals surface area (Å²) in [6.07, 6.45) is -0.311. The van der Waals surface area contributed by atoms with Gasteiger partial charge in [-0.2, -0.15) is 0 Å². The number of nitrogens with zero attached hydrogens (tertiary/aromatic N) is 1. The molecule has 1 aromatic carbocycles. The summed E-state index contributed by atoms with van der Waals surface area (Å²) in [5.74, 6) is 0.0727. The molecule has 1 amide bonds. The third-order valence-corrected chi connectivity index (χ3v) is 7.39. The van der Waals surface area contributed by atoms with Crippen LogP contribution >= 0.6 is 22.7 Å². The van der Waals surface area contributed by atoms with Gasteiger partial charge in [-0.25, -0.2) is 9.78 Å². The molecule has 4 rings (SSSR count). The summed E-state index contributed by atoms with van der Waals surface area (Å²) in [4.78, 5) is 32.1. The minimum Gasteiger partial charge on any atom is -0.497 e. The van der Waals surface area contributed by atoms with Gasteiger partial charge < -0.3 is 20.5 Å². The van der Waals surface area contributed by atoms with Crippen molar-refractivity contribution in [1.82, 2.24) is 4.98 Å². The molecule has 0 radical (unpaired) electrons. The van der Waals surface area contributed by atoms with Gasteiger partial charge in [0.25, 0.3) is 5.91 Å². The average molecular weight is 510 g/mol. The summed E-state index contributed by atoms with van der Waals surface area (Å²) >= 11 is 2.50. The average Bonchev–Trinajstić information content (AvgIpc) is 3.39. The Hall–Kier alpha value is -3.43. The monoisotopic (exact) mass is 509 g/mol. The van der Waals surface area contributed by atoms with Gasteiger partial charge in [0.05, 0.1) is 18.9 Å². The van der Waals surface area contributed by atoms with Crippen LogP contribution in [0.15, 0.2) is 41.8 Å². The predicted octanol–water partition coefficient (Wildman–Crippen LogP) is 6.56. The quantitative estimate of drug-likeness (QED) is 0.274. The molecule has 35 heavy (non-hydrogen) atoms. The molecule has 0 spiro atoms. The molecule has 3 aromatic heterocycles. The molecule has 0 unspecified atom stereocenters. The minimum atomic E-state index is -0.505. The number of amides is 1. The fourth-order valence-electron chi connectivity index (χ4n) is 3.57. The number of pyridine rings is 1. The molecule has 7 nitrogen and oxygen atoms in total. The second kappa shape index (κ2) is 10.1. The lowest BCUT2D eigenvalue weighted by atomic mass is 10.0. The summed E-state index contributed by atoms with van der Waals surface area (Å²) in [7, 11) is 1.59. The molecular formula is C26H27N3O4S2. The summed E-state index contributed by atoms with van der Waals surface area (Å²) in [5, 5.41) is 5.87. The number of ether oxygens (including phenoxy) is 2. The fourth-order valence-corrected chi connectivity index (χ4v) is 5.52. The van der Waals surface area contributed by atoms with Gasteiger partial charge in [-0.3, -0.25) is 4.79 Å². The van der Waals surface area contributed by atoms with Gasteiger partial charge in [0, 0.05) is 22.0 Å². The number of nitrogen functional groups attached to an aromatic ring is 1. The summed E-state index contributed by atoms with van der Waals surface area (Å²) < 4.78 is 10.7. The van der Waals surface area contributed by atoms with E-state index in [2.05, 4.69) is 24.1 Å². The molecule has 0 aliphatic rings. The number of carbonyl (C=O) groups is 2. The maximum Gasteiger partial charge on any atom is 0.342 e. The van der Waals surface area contributed by atoms with E-state index in [4.69, 9.17) is 15.2 Å². The number of anilines is 2. The van der Waals surface area contributed by atoms with E-state index in [9.17, 15) is 9.59 Å². The molecule has 9 heteroatoms. The zero-order chi connectivity index (χ0) is 25.3. The number of esters is 1. The van der Waals surface area contributed by atoms with E-state index in [1.165, 1.54) is 22.7 Å². The number of aromatic nitrogens is 1.